The fourth-order valence-corrected chi connectivity index (χ4v) is 4.87. The Morgan fingerprint density at radius 2 is 1.82 bits per heavy atom. The SMILES string of the molecule is CC1CCN(Cc2c[nH]c3cc(-c4cn(Cc5ccc(-c6nnc(C(F)F)o6)cc5F)nn4)ccc23)CC1. The van der Waals surface area contributed by atoms with Crippen LogP contribution in [0.25, 0.3) is 33.6 Å². The predicted octanol–water partition coefficient (Wildman–Crippen LogP) is 5.83. The second-order valence-corrected chi connectivity index (χ2v) is 9.89. The molecule has 0 radical (unpaired) electrons. The van der Waals surface area contributed by atoms with Gasteiger partial charge in [0.25, 0.3) is 5.89 Å². The minimum atomic E-state index is -2.88. The minimum absolute atomic E-state index is 0.147. The van der Waals surface area contributed by atoms with Crippen LogP contribution in [0, 0.1) is 11.7 Å². The number of halogens is 3. The predicted molar refractivity (Wildman–Crippen MR) is 135 cm³/mol. The first-order valence-corrected chi connectivity index (χ1v) is 12.6. The molecular weight excluding hydrogens is 495 g/mol. The molecule has 0 bridgehead atoms. The van der Waals surface area contributed by atoms with Crippen molar-refractivity contribution in [2.24, 2.45) is 5.92 Å². The fraction of sp³-hybridized carbons (Fsp3) is 0.333. The quantitative estimate of drug-likeness (QED) is 0.290. The summed E-state index contributed by atoms with van der Waals surface area (Å²) in [5.41, 5.74) is 4.49. The third-order valence-electron chi connectivity index (χ3n) is 7.13. The molecule has 0 saturated carbocycles. The maximum Gasteiger partial charge on any atom is 0.314 e. The van der Waals surface area contributed by atoms with E-state index in [1.165, 1.54) is 35.9 Å². The van der Waals surface area contributed by atoms with Crippen LogP contribution in [-0.2, 0) is 13.1 Å². The molecule has 38 heavy (non-hydrogen) atoms. The molecule has 1 aliphatic rings. The summed E-state index contributed by atoms with van der Waals surface area (Å²) < 4.78 is 46.6. The highest BCUT2D eigenvalue weighted by Crippen LogP contribution is 2.28. The first-order valence-electron chi connectivity index (χ1n) is 12.6. The Balaban J connectivity index is 1.15. The van der Waals surface area contributed by atoms with E-state index >= 15 is 0 Å². The lowest BCUT2D eigenvalue weighted by atomic mass is 9.99. The van der Waals surface area contributed by atoms with Crippen LogP contribution in [0.2, 0.25) is 0 Å². The largest absolute Gasteiger partial charge is 0.415 e. The van der Waals surface area contributed by atoms with E-state index in [1.807, 2.05) is 6.07 Å². The average molecular weight is 522 g/mol. The van der Waals surface area contributed by atoms with Gasteiger partial charge in [-0.2, -0.15) is 8.78 Å². The molecule has 3 aromatic heterocycles. The Labute approximate surface area is 216 Å². The fourth-order valence-electron chi connectivity index (χ4n) is 4.87. The van der Waals surface area contributed by atoms with Gasteiger partial charge in [0, 0.05) is 40.3 Å². The van der Waals surface area contributed by atoms with Gasteiger partial charge in [0.1, 0.15) is 11.5 Å². The van der Waals surface area contributed by atoms with E-state index in [0.717, 1.165) is 36.6 Å². The zero-order valence-electron chi connectivity index (χ0n) is 20.7. The molecular formula is C27H26F3N7O. The van der Waals surface area contributed by atoms with Gasteiger partial charge in [0.2, 0.25) is 5.89 Å². The van der Waals surface area contributed by atoms with E-state index < -0.39 is 18.1 Å². The Bertz CT molecular complexity index is 1570. The molecule has 0 amide bonds. The van der Waals surface area contributed by atoms with Crippen molar-refractivity contribution < 1.29 is 17.6 Å². The average Bonchev–Trinajstić information content (AvgIpc) is 3.67. The van der Waals surface area contributed by atoms with Crippen LogP contribution in [0.1, 0.15) is 43.2 Å². The summed E-state index contributed by atoms with van der Waals surface area (Å²) in [6, 6.07) is 10.4. The third kappa shape index (κ3) is 4.93. The highest BCUT2D eigenvalue weighted by molar-refractivity contribution is 5.87. The number of likely N-dealkylation sites (tertiary alicyclic amines) is 1. The number of hydrogen-bond donors (Lipinski definition) is 1. The number of nitrogens with zero attached hydrogens (tertiary/aromatic N) is 6. The number of aromatic amines is 1. The van der Waals surface area contributed by atoms with Gasteiger partial charge in [0.05, 0.1) is 12.7 Å². The molecule has 196 valence electrons. The van der Waals surface area contributed by atoms with Gasteiger partial charge in [0.15, 0.2) is 0 Å². The lowest BCUT2D eigenvalue weighted by molar-refractivity contribution is 0.116. The number of benzene rings is 2. The summed E-state index contributed by atoms with van der Waals surface area (Å²) in [6.45, 7) is 5.67. The normalized spacial score (nSPS) is 15.2. The van der Waals surface area contributed by atoms with Crippen LogP contribution in [-0.4, -0.2) is 48.2 Å². The molecule has 0 unspecified atom stereocenters. The van der Waals surface area contributed by atoms with Crippen molar-refractivity contribution in [3.05, 3.63) is 71.6 Å². The van der Waals surface area contributed by atoms with Gasteiger partial charge in [-0.05, 0) is 55.6 Å². The summed E-state index contributed by atoms with van der Waals surface area (Å²) >= 11 is 0. The molecule has 1 aliphatic heterocycles. The van der Waals surface area contributed by atoms with E-state index in [-0.39, 0.29) is 18.0 Å². The van der Waals surface area contributed by atoms with E-state index in [2.05, 4.69) is 55.6 Å². The Morgan fingerprint density at radius 1 is 1.00 bits per heavy atom. The van der Waals surface area contributed by atoms with Crippen LogP contribution in [0.15, 0.2) is 53.2 Å². The number of aromatic nitrogens is 6. The summed E-state index contributed by atoms with van der Waals surface area (Å²) in [5.74, 6) is -0.701. The van der Waals surface area contributed by atoms with Crippen molar-refractivity contribution in [1.29, 1.82) is 0 Å². The van der Waals surface area contributed by atoms with Crippen LogP contribution in [0.3, 0.4) is 0 Å². The van der Waals surface area contributed by atoms with Crippen LogP contribution >= 0.6 is 0 Å². The highest BCUT2D eigenvalue weighted by Gasteiger charge is 2.19. The molecule has 1 N–H and O–H groups in total. The molecule has 4 heterocycles. The van der Waals surface area contributed by atoms with Crippen LogP contribution in [0.4, 0.5) is 13.2 Å². The molecule has 0 aliphatic carbocycles. The molecule has 2 aromatic carbocycles. The topological polar surface area (TPSA) is 88.7 Å². The Kier molecular flexibility index (Phi) is 6.44. The maximum absolute atomic E-state index is 14.8. The number of hydrogen-bond acceptors (Lipinski definition) is 6. The molecule has 1 saturated heterocycles. The lowest BCUT2D eigenvalue weighted by Crippen LogP contribution is -2.32. The zero-order chi connectivity index (χ0) is 26.2. The van der Waals surface area contributed by atoms with Crippen molar-refractivity contribution in [2.45, 2.75) is 39.3 Å². The van der Waals surface area contributed by atoms with E-state index in [4.69, 9.17) is 4.42 Å². The minimum Gasteiger partial charge on any atom is -0.415 e. The van der Waals surface area contributed by atoms with E-state index in [9.17, 15) is 13.2 Å². The number of piperidine rings is 1. The summed E-state index contributed by atoms with van der Waals surface area (Å²) in [7, 11) is 0. The maximum atomic E-state index is 14.8. The van der Waals surface area contributed by atoms with Crippen LogP contribution in [0.5, 0.6) is 0 Å². The first-order chi connectivity index (χ1) is 18.4. The first kappa shape index (κ1) is 24.4. The standard InChI is InChI=1S/C27H26F3N7O/c1-16-6-8-36(9-7-16)13-20-12-31-23-11-17(4-5-21(20)23)24-15-37(35-32-24)14-19-3-2-18(10-22(19)28)26-33-34-27(38-26)25(29)30/h2-5,10-12,15-16,25,31H,6-9,13-14H2,1H3. The highest BCUT2D eigenvalue weighted by atomic mass is 19.3. The lowest BCUT2D eigenvalue weighted by Gasteiger charge is -2.29. The van der Waals surface area contributed by atoms with Gasteiger partial charge in [-0.1, -0.05) is 30.3 Å². The van der Waals surface area contributed by atoms with Crippen molar-refractivity contribution in [3.8, 4) is 22.7 Å². The monoisotopic (exact) mass is 521 g/mol. The second kappa shape index (κ2) is 10.1. The van der Waals surface area contributed by atoms with Crippen molar-refractivity contribution >= 4 is 10.9 Å². The molecule has 0 atom stereocenters. The summed E-state index contributed by atoms with van der Waals surface area (Å²) in [4.78, 5) is 5.90. The van der Waals surface area contributed by atoms with Crippen molar-refractivity contribution in [1.82, 2.24) is 35.1 Å². The van der Waals surface area contributed by atoms with Gasteiger partial charge < -0.3 is 9.40 Å². The van der Waals surface area contributed by atoms with Gasteiger partial charge in [-0.25, -0.2) is 9.07 Å². The number of fused-ring (bicyclic) bond motifs is 1. The van der Waals surface area contributed by atoms with Gasteiger partial charge in [-0.15, -0.1) is 15.3 Å². The number of nitrogens with one attached hydrogen (secondary N) is 1. The van der Waals surface area contributed by atoms with Crippen molar-refractivity contribution in [2.75, 3.05) is 13.1 Å². The number of H-pyrrole nitrogens is 1. The van der Waals surface area contributed by atoms with Crippen molar-refractivity contribution in [3.63, 3.8) is 0 Å². The van der Waals surface area contributed by atoms with Gasteiger partial charge >= 0.3 is 6.43 Å². The molecule has 1 fully saturated rings. The number of rotatable bonds is 7. The third-order valence-corrected chi connectivity index (χ3v) is 7.13. The molecule has 8 nitrogen and oxygen atoms in total. The Hall–Kier alpha value is -3.99. The molecule has 0 spiro atoms. The molecule has 11 heteroatoms. The second-order valence-electron chi connectivity index (χ2n) is 9.89. The molecule has 6 rings (SSSR count). The summed E-state index contributed by atoms with van der Waals surface area (Å²) in [5, 5.41) is 16.5. The Morgan fingerprint density at radius 3 is 2.58 bits per heavy atom. The van der Waals surface area contributed by atoms with Crippen LogP contribution < -0.4 is 0 Å². The smallest absolute Gasteiger partial charge is 0.314 e. The number of alkyl halides is 2. The van der Waals surface area contributed by atoms with E-state index in [0.29, 0.717) is 11.3 Å². The zero-order valence-corrected chi connectivity index (χ0v) is 20.7. The van der Waals surface area contributed by atoms with E-state index in [1.54, 1.807) is 16.9 Å². The summed E-state index contributed by atoms with van der Waals surface area (Å²) in [6.07, 6.45) is 3.46. The molecule has 5 aromatic rings. The van der Waals surface area contributed by atoms with Gasteiger partial charge in [-0.3, -0.25) is 4.90 Å².